The molecule has 0 heterocycles. The van der Waals surface area contributed by atoms with Crippen LogP contribution in [0.25, 0.3) is 0 Å². The predicted molar refractivity (Wildman–Crippen MR) is 82.2 cm³/mol. The molecule has 0 saturated heterocycles. The average molecular weight is 422 g/mol. The quantitative estimate of drug-likeness (QED) is 0.557. The molecule has 2 rings (SSSR count). The Morgan fingerprint density at radius 2 is 1.76 bits per heavy atom. The SMILES string of the molecule is O=[N+]([O-])c1cc(CNc2c(Br)cccc2Br)c(F)cc1F. The van der Waals surface area contributed by atoms with Gasteiger partial charge in [0.15, 0.2) is 0 Å². The van der Waals surface area contributed by atoms with E-state index in [0.717, 1.165) is 15.0 Å². The monoisotopic (exact) mass is 420 g/mol. The maximum atomic E-state index is 13.7. The van der Waals surface area contributed by atoms with Crippen molar-refractivity contribution in [3.8, 4) is 0 Å². The van der Waals surface area contributed by atoms with Crippen molar-refractivity contribution in [3.05, 3.63) is 66.6 Å². The van der Waals surface area contributed by atoms with E-state index in [-0.39, 0.29) is 12.1 Å². The van der Waals surface area contributed by atoms with E-state index in [2.05, 4.69) is 37.2 Å². The molecule has 0 spiro atoms. The van der Waals surface area contributed by atoms with Crippen LogP contribution >= 0.6 is 31.9 Å². The van der Waals surface area contributed by atoms with E-state index in [4.69, 9.17) is 0 Å². The fraction of sp³-hybridized carbons (Fsp3) is 0.0769. The fourth-order valence-electron chi connectivity index (χ4n) is 1.71. The van der Waals surface area contributed by atoms with Crippen molar-refractivity contribution >= 4 is 43.2 Å². The van der Waals surface area contributed by atoms with Gasteiger partial charge in [-0.15, -0.1) is 0 Å². The minimum atomic E-state index is -1.19. The van der Waals surface area contributed by atoms with Gasteiger partial charge in [0.1, 0.15) is 5.82 Å². The highest BCUT2D eigenvalue weighted by Crippen LogP contribution is 2.31. The molecule has 0 fully saturated rings. The van der Waals surface area contributed by atoms with Crippen LogP contribution in [0.4, 0.5) is 20.2 Å². The molecule has 1 N–H and O–H groups in total. The zero-order valence-electron chi connectivity index (χ0n) is 10.4. The third-order valence-corrected chi connectivity index (χ3v) is 4.05. The zero-order valence-corrected chi connectivity index (χ0v) is 13.5. The summed E-state index contributed by atoms with van der Waals surface area (Å²) >= 11 is 6.67. The third-order valence-electron chi connectivity index (χ3n) is 2.73. The predicted octanol–water partition coefficient (Wildman–Crippen LogP) is 5.01. The van der Waals surface area contributed by atoms with E-state index in [1.165, 1.54) is 0 Å². The first-order valence-electron chi connectivity index (χ1n) is 5.70. The summed E-state index contributed by atoms with van der Waals surface area (Å²) in [4.78, 5) is 9.79. The van der Waals surface area contributed by atoms with Gasteiger partial charge in [0.2, 0.25) is 5.82 Å². The first-order chi connectivity index (χ1) is 9.90. The van der Waals surface area contributed by atoms with E-state index in [9.17, 15) is 18.9 Å². The molecule has 0 saturated carbocycles. The van der Waals surface area contributed by atoms with Crippen LogP contribution in [-0.4, -0.2) is 4.92 Å². The Labute approximate surface area is 135 Å². The zero-order chi connectivity index (χ0) is 15.6. The van der Waals surface area contributed by atoms with Crippen molar-refractivity contribution < 1.29 is 13.7 Å². The number of nitrogens with zero attached hydrogens (tertiary/aromatic N) is 1. The van der Waals surface area contributed by atoms with Gasteiger partial charge in [0.25, 0.3) is 0 Å². The molecule has 0 atom stereocenters. The molecule has 0 aliphatic heterocycles. The number of nitrogens with one attached hydrogen (secondary N) is 1. The first-order valence-corrected chi connectivity index (χ1v) is 7.29. The van der Waals surface area contributed by atoms with Crippen LogP contribution in [0.15, 0.2) is 39.3 Å². The van der Waals surface area contributed by atoms with Gasteiger partial charge in [-0.05, 0) is 44.0 Å². The van der Waals surface area contributed by atoms with Gasteiger partial charge in [-0.3, -0.25) is 10.1 Å². The Kier molecular flexibility index (Phi) is 4.89. The molecule has 0 radical (unpaired) electrons. The van der Waals surface area contributed by atoms with Gasteiger partial charge < -0.3 is 5.32 Å². The van der Waals surface area contributed by atoms with Crippen LogP contribution in [0.5, 0.6) is 0 Å². The van der Waals surface area contributed by atoms with Crippen LogP contribution < -0.4 is 5.32 Å². The van der Waals surface area contributed by atoms with Crippen molar-refractivity contribution in [3.63, 3.8) is 0 Å². The highest BCUT2D eigenvalue weighted by atomic mass is 79.9. The van der Waals surface area contributed by atoms with E-state index in [0.29, 0.717) is 11.8 Å². The number of para-hydroxylation sites is 1. The molecular formula is C13H8Br2F2N2O2. The molecule has 2 aromatic carbocycles. The van der Waals surface area contributed by atoms with Crippen molar-refractivity contribution in [1.82, 2.24) is 0 Å². The highest BCUT2D eigenvalue weighted by Gasteiger charge is 2.18. The lowest BCUT2D eigenvalue weighted by Crippen LogP contribution is -2.05. The summed E-state index contributed by atoms with van der Waals surface area (Å²) in [5.74, 6) is -2.03. The third kappa shape index (κ3) is 3.56. The number of nitro groups is 1. The second-order valence-electron chi connectivity index (χ2n) is 4.10. The molecule has 110 valence electrons. The van der Waals surface area contributed by atoms with Gasteiger partial charge in [0.05, 0.1) is 10.6 Å². The number of hydrogen-bond donors (Lipinski definition) is 1. The summed E-state index contributed by atoms with van der Waals surface area (Å²) in [5, 5.41) is 13.6. The number of rotatable bonds is 4. The smallest absolute Gasteiger partial charge is 0.305 e. The Balaban J connectivity index is 2.28. The molecule has 0 amide bonds. The number of anilines is 1. The topological polar surface area (TPSA) is 55.2 Å². The van der Waals surface area contributed by atoms with E-state index < -0.39 is 22.2 Å². The van der Waals surface area contributed by atoms with Gasteiger partial charge in [-0.25, -0.2) is 4.39 Å². The fourth-order valence-corrected chi connectivity index (χ4v) is 2.99. The van der Waals surface area contributed by atoms with Crippen molar-refractivity contribution in [1.29, 1.82) is 0 Å². The van der Waals surface area contributed by atoms with Gasteiger partial charge in [-0.1, -0.05) is 6.07 Å². The van der Waals surface area contributed by atoms with Crippen molar-refractivity contribution in [2.75, 3.05) is 5.32 Å². The second-order valence-corrected chi connectivity index (χ2v) is 5.81. The average Bonchev–Trinajstić information content (AvgIpc) is 2.39. The lowest BCUT2D eigenvalue weighted by atomic mass is 10.1. The van der Waals surface area contributed by atoms with Crippen LogP contribution in [0.1, 0.15) is 5.56 Å². The normalized spacial score (nSPS) is 10.5. The van der Waals surface area contributed by atoms with Gasteiger partial charge in [0, 0.05) is 33.2 Å². The first kappa shape index (κ1) is 15.8. The lowest BCUT2D eigenvalue weighted by molar-refractivity contribution is -0.387. The Morgan fingerprint density at radius 1 is 1.14 bits per heavy atom. The largest absolute Gasteiger partial charge is 0.379 e. The van der Waals surface area contributed by atoms with Crippen LogP contribution in [0, 0.1) is 21.7 Å². The Hall–Kier alpha value is -1.54. The Bertz CT molecular complexity index is 691. The summed E-state index contributed by atoms with van der Waals surface area (Å²) in [5.41, 5.74) is -0.0750. The molecule has 4 nitrogen and oxygen atoms in total. The molecule has 8 heteroatoms. The van der Waals surface area contributed by atoms with E-state index in [1.807, 2.05) is 6.07 Å². The summed E-state index contributed by atoms with van der Waals surface area (Å²) < 4.78 is 28.4. The maximum absolute atomic E-state index is 13.7. The van der Waals surface area contributed by atoms with Gasteiger partial charge >= 0.3 is 5.69 Å². The molecule has 0 aliphatic rings. The van der Waals surface area contributed by atoms with Crippen LogP contribution in [-0.2, 0) is 6.54 Å². The maximum Gasteiger partial charge on any atom is 0.305 e. The van der Waals surface area contributed by atoms with Crippen LogP contribution in [0.2, 0.25) is 0 Å². The molecule has 21 heavy (non-hydrogen) atoms. The highest BCUT2D eigenvalue weighted by molar-refractivity contribution is 9.11. The lowest BCUT2D eigenvalue weighted by Gasteiger charge is -2.11. The Morgan fingerprint density at radius 3 is 2.33 bits per heavy atom. The van der Waals surface area contributed by atoms with Crippen molar-refractivity contribution in [2.24, 2.45) is 0 Å². The number of hydrogen-bond acceptors (Lipinski definition) is 3. The molecule has 0 aromatic heterocycles. The van der Waals surface area contributed by atoms with Gasteiger partial charge in [-0.2, -0.15) is 4.39 Å². The molecule has 2 aromatic rings. The summed E-state index contributed by atoms with van der Waals surface area (Å²) in [6.45, 7) is -0.0197. The minimum absolute atomic E-state index is 0.00533. The molecular weight excluding hydrogens is 414 g/mol. The summed E-state index contributed by atoms with van der Waals surface area (Å²) in [7, 11) is 0. The standard InChI is InChI=1S/C13H8Br2F2N2O2/c14-8-2-1-3-9(15)13(8)18-6-7-4-12(19(20)21)11(17)5-10(7)16/h1-5,18H,6H2. The van der Waals surface area contributed by atoms with E-state index >= 15 is 0 Å². The number of benzene rings is 2. The van der Waals surface area contributed by atoms with Crippen LogP contribution in [0.3, 0.4) is 0 Å². The molecule has 0 aliphatic carbocycles. The minimum Gasteiger partial charge on any atom is -0.379 e. The summed E-state index contributed by atoms with van der Waals surface area (Å²) in [6.07, 6.45) is 0. The molecule has 0 unspecified atom stereocenters. The number of halogens is 4. The number of nitro benzene ring substituents is 1. The van der Waals surface area contributed by atoms with Crippen molar-refractivity contribution in [2.45, 2.75) is 6.54 Å². The summed E-state index contributed by atoms with van der Waals surface area (Å²) in [6, 6.07) is 6.79. The van der Waals surface area contributed by atoms with E-state index in [1.54, 1.807) is 12.1 Å². The second kappa shape index (κ2) is 6.48. The molecule has 0 bridgehead atoms.